The number of benzene rings is 2. The van der Waals surface area contributed by atoms with Crippen LogP contribution in [0.25, 0.3) is 0 Å². The number of rotatable bonds is 7. The number of amides is 2. The van der Waals surface area contributed by atoms with Gasteiger partial charge < -0.3 is 15.0 Å². The van der Waals surface area contributed by atoms with Crippen molar-refractivity contribution < 1.29 is 14.3 Å². The molecule has 0 aliphatic heterocycles. The van der Waals surface area contributed by atoms with Gasteiger partial charge in [0.1, 0.15) is 5.75 Å². The van der Waals surface area contributed by atoms with E-state index in [1.165, 1.54) is 11.3 Å². The van der Waals surface area contributed by atoms with Gasteiger partial charge in [0.05, 0.1) is 12.0 Å². The van der Waals surface area contributed by atoms with Crippen molar-refractivity contribution in [1.29, 1.82) is 0 Å². The fourth-order valence-corrected chi connectivity index (χ4v) is 3.42. The highest BCUT2D eigenvalue weighted by molar-refractivity contribution is 7.12. The van der Waals surface area contributed by atoms with Gasteiger partial charge in [0.2, 0.25) is 0 Å². The number of nitrogens with one attached hydrogen (secondary N) is 1. The first-order valence-electron chi connectivity index (χ1n) is 8.86. The molecule has 144 valence electrons. The summed E-state index contributed by atoms with van der Waals surface area (Å²) in [5, 5.41) is 4.75. The molecule has 3 aromatic rings. The number of methoxy groups -OCH3 is 1. The molecule has 0 saturated heterocycles. The van der Waals surface area contributed by atoms with E-state index in [0.29, 0.717) is 23.5 Å². The van der Waals surface area contributed by atoms with Gasteiger partial charge in [0.25, 0.3) is 11.8 Å². The minimum absolute atomic E-state index is 0.0583. The minimum Gasteiger partial charge on any atom is -0.497 e. The number of nitrogens with zero attached hydrogens (tertiary/aromatic N) is 1. The highest BCUT2D eigenvalue weighted by Crippen LogP contribution is 2.15. The zero-order valence-corrected chi connectivity index (χ0v) is 16.7. The molecule has 0 bridgehead atoms. The Morgan fingerprint density at radius 1 is 1.04 bits per heavy atom. The van der Waals surface area contributed by atoms with Gasteiger partial charge in [-0.05, 0) is 46.8 Å². The maximum absolute atomic E-state index is 12.7. The predicted molar refractivity (Wildman–Crippen MR) is 111 cm³/mol. The molecule has 0 spiro atoms. The van der Waals surface area contributed by atoms with Crippen molar-refractivity contribution in [1.82, 2.24) is 10.2 Å². The Balaban J connectivity index is 1.57. The fraction of sp³-hybridized carbons (Fsp3) is 0.182. The highest BCUT2D eigenvalue weighted by Gasteiger charge is 2.13. The van der Waals surface area contributed by atoms with Crippen LogP contribution in [-0.2, 0) is 13.1 Å². The standard InChI is InChI=1S/C22H22N2O3S/c1-24(15-17-5-3-6-19(13-17)27-2)22(26)18-10-8-16(9-11-18)14-23-21(25)20-7-4-12-28-20/h3-13H,14-15H2,1-2H3,(H,23,25). The summed E-state index contributed by atoms with van der Waals surface area (Å²) in [7, 11) is 3.40. The van der Waals surface area contributed by atoms with Gasteiger partial charge in [0, 0.05) is 25.7 Å². The molecular formula is C22H22N2O3S. The summed E-state index contributed by atoms with van der Waals surface area (Å²) in [6.07, 6.45) is 0. The number of hydrogen-bond donors (Lipinski definition) is 1. The summed E-state index contributed by atoms with van der Waals surface area (Å²) >= 11 is 1.41. The predicted octanol–water partition coefficient (Wildman–Crippen LogP) is 3.96. The van der Waals surface area contributed by atoms with E-state index in [1.54, 1.807) is 37.3 Å². The van der Waals surface area contributed by atoms with Crippen molar-refractivity contribution in [3.05, 3.63) is 87.6 Å². The maximum atomic E-state index is 12.7. The van der Waals surface area contributed by atoms with E-state index in [4.69, 9.17) is 4.74 Å². The van der Waals surface area contributed by atoms with Crippen LogP contribution in [0.5, 0.6) is 5.75 Å². The van der Waals surface area contributed by atoms with Crippen LogP contribution in [0, 0.1) is 0 Å². The van der Waals surface area contributed by atoms with Gasteiger partial charge in [-0.25, -0.2) is 0 Å². The third-order valence-electron chi connectivity index (χ3n) is 4.30. The van der Waals surface area contributed by atoms with E-state index in [1.807, 2.05) is 47.8 Å². The number of carbonyl (C=O) groups excluding carboxylic acids is 2. The normalized spacial score (nSPS) is 10.4. The van der Waals surface area contributed by atoms with Gasteiger partial charge in [0.15, 0.2) is 0 Å². The molecule has 2 aromatic carbocycles. The molecule has 5 nitrogen and oxygen atoms in total. The molecule has 0 saturated carbocycles. The first-order valence-corrected chi connectivity index (χ1v) is 9.74. The summed E-state index contributed by atoms with van der Waals surface area (Å²) < 4.78 is 5.23. The smallest absolute Gasteiger partial charge is 0.261 e. The van der Waals surface area contributed by atoms with Crippen LogP contribution in [0.3, 0.4) is 0 Å². The monoisotopic (exact) mass is 394 g/mol. The molecule has 0 radical (unpaired) electrons. The Morgan fingerprint density at radius 2 is 1.82 bits per heavy atom. The number of thiophene rings is 1. The van der Waals surface area contributed by atoms with Gasteiger partial charge in [-0.1, -0.05) is 30.3 Å². The van der Waals surface area contributed by atoms with E-state index < -0.39 is 0 Å². The summed E-state index contributed by atoms with van der Waals surface area (Å²) in [5.41, 5.74) is 2.55. The second kappa shape index (κ2) is 9.19. The van der Waals surface area contributed by atoms with Crippen LogP contribution < -0.4 is 10.1 Å². The van der Waals surface area contributed by atoms with E-state index in [-0.39, 0.29) is 11.8 Å². The first-order chi connectivity index (χ1) is 13.6. The van der Waals surface area contributed by atoms with E-state index in [9.17, 15) is 9.59 Å². The molecule has 2 amide bonds. The summed E-state index contributed by atoms with van der Waals surface area (Å²) in [5.74, 6) is 0.623. The van der Waals surface area contributed by atoms with Crippen LogP contribution >= 0.6 is 11.3 Å². The Morgan fingerprint density at radius 3 is 2.50 bits per heavy atom. The van der Waals surface area contributed by atoms with Crippen LogP contribution in [0.4, 0.5) is 0 Å². The Kier molecular flexibility index (Phi) is 6.45. The zero-order chi connectivity index (χ0) is 19.9. The molecule has 1 aromatic heterocycles. The SMILES string of the molecule is COc1cccc(CN(C)C(=O)c2ccc(CNC(=O)c3cccs3)cc2)c1. The molecule has 0 aliphatic carbocycles. The number of hydrogen-bond acceptors (Lipinski definition) is 4. The first kappa shape index (κ1) is 19.6. The third-order valence-corrected chi connectivity index (χ3v) is 5.17. The topological polar surface area (TPSA) is 58.6 Å². The molecule has 28 heavy (non-hydrogen) atoms. The quantitative estimate of drug-likeness (QED) is 0.660. The zero-order valence-electron chi connectivity index (χ0n) is 15.8. The fourth-order valence-electron chi connectivity index (χ4n) is 2.78. The van der Waals surface area contributed by atoms with Gasteiger partial charge >= 0.3 is 0 Å². The maximum Gasteiger partial charge on any atom is 0.261 e. The second-order valence-corrected chi connectivity index (χ2v) is 7.32. The lowest BCUT2D eigenvalue weighted by Crippen LogP contribution is -2.26. The van der Waals surface area contributed by atoms with Gasteiger partial charge in [-0.15, -0.1) is 11.3 Å². The molecule has 0 unspecified atom stereocenters. The lowest BCUT2D eigenvalue weighted by molar-refractivity contribution is 0.0784. The van der Waals surface area contributed by atoms with Crippen molar-refractivity contribution in [2.24, 2.45) is 0 Å². The average molecular weight is 394 g/mol. The van der Waals surface area contributed by atoms with E-state index in [0.717, 1.165) is 16.9 Å². The molecule has 0 fully saturated rings. The summed E-state index contributed by atoms with van der Waals surface area (Å²) in [6.45, 7) is 0.916. The van der Waals surface area contributed by atoms with Crippen LogP contribution in [0.2, 0.25) is 0 Å². The van der Waals surface area contributed by atoms with Gasteiger partial charge in [-0.3, -0.25) is 9.59 Å². The number of carbonyl (C=O) groups is 2. The van der Waals surface area contributed by atoms with E-state index in [2.05, 4.69) is 5.32 Å². The summed E-state index contributed by atoms with van der Waals surface area (Å²) in [6, 6.07) is 18.6. The summed E-state index contributed by atoms with van der Waals surface area (Å²) in [4.78, 5) is 27.0. The highest BCUT2D eigenvalue weighted by atomic mass is 32.1. The van der Waals surface area contributed by atoms with Crippen molar-refractivity contribution in [3.8, 4) is 5.75 Å². The van der Waals surface area contributed by atoms with Crippen molar-refractivity contribution in [3.63, 3.8) is 0 Å². The third kappa shape index (κ3) is 4.98. The lowest BCUT2D eigenvalue weighted by Gasteiger charge is -2.18. The average Bonchev–Trinajstić information content (AvgIpc) is 3.27. The van der Waals surface area contributed by atoms with Crippen LogP contribution in [0.15, 0.2) is 66.0 Å². The van der Waals surface area contributed by atoms with Crippen molar-refractivity contribution in [2.75, 3.05) is 14.2 Å². The molecule has 0 aliphatic rings. The van der Waals surface area contributed by atoms with Crippen LogP contribution in [0.1, 0.15) is 31.2 Å². The lowest BCUT2D eigenvalue weighted by atomic mass is 10.1. The largest absolute Gasteiger partial charge is 0.497 e. The number of ether oxygens (including phenoxy) is 1. The van der Waals surface area contributed by atoms with Gasteiger partial charge in [-0.2, -0.15) is 0 Å². The minimum atomic E-state index is -0.0897. The Labute approximate surface area is 168 Å². The molecule has 0 atom stereocenters. The molecule has 1 N–H and O–H groups in total. The van der Waals surface area contributed by atoms with Crippen LogP contribution in [-0.4, -0.2) is 30.9 Å². The molecular weight excluding hydrogens is 372 g/mol. The molecule has 3 rings (SSSR count). The van der Waals surface area contributed by atoms with Crippen molar-refractivity contribution in [2.45, 2.75) is 13.1 Å². The second-order valence-electron chi connectivity index (χ2n) is 6.37. The van der Waals surface area contributed by atoms with E-state index >= 15 is 0 Å². The Hall–Kier alpha value is -3.12. The van der Waals surface area contributed by atoms with Crippen molar-refractivity contribution >= 4 is 23.2 Å². The Bertz CT molecular complexity index is 937. The molecule has 1 heterocycles. The molecule has 6 heteroatoms.